The van der Waals surface area contributed by atoms with Gasteiger partial charge < -0.3 is 25.1 Å². The fourth-order valence-corrected chi connectivity index (χ4v) is 4.58. The van der Waals surface area contributed by atoms with Crippen molar-refractivity contribution < 1.29 is 19.1 Å². The molecule has 3 heterocycles. The Balaban J connectivity index is 1.45. The highest BCUT2D eigenvalue weighted by atomic mass is 16.5. The number of carbonyl (C=O) groups is 2. The molecule has 0 aliphatic carbocycles. The molecule has 0 bridgehead atoms. The summed E-state index contributed by atoms with van der Waals surface area (Å²) in [6, 6.07) is 14.7. The molecule has 1 aliphatic rings. The van der Waals surface area contributed by atoms with Crippen LogP contribution in [0.3, 0.4) is 0 Å². The van der Waals surface area contributed by atoms with Crippen LogP contribution >= 0.6 is 0 Å². The number of likely N-dealkylation sites (tertiary alicyclic amines) is 1. The maximum atomic E-state index is 12.4. The normalized spacial score (nSPS) is 14.9. The summed E-state index contributed by atoms with van der Waals surface area (Å²) in [4.78, 5) is 29.7. The molecule has 1 atom stereocenters. The highest BCUT2D eigenvalue weighted by Gasteiger charge is 2.31. The number of carbonyl (C=O) groups excluding carboxylic acids is 2. The molecular weight excluding hydrogens is 458 g/mol. The van der Waals surface area contributed by atoms with Crippen molar-refractivity contribution in [3.05, 3.63) is 66.0 Å². The van der Waals surface area contributed by atoms with E-state index in [1.54, 1.807) is 29.6 Å². The Hall–Kier alpha value is -4.71. The highest BCUT2D eigenvalue weighted by molar-refractivity contribution is 5.98. The van der Waals surface area contributed by atoms with Crippen molar-refractivity contribution in [2.75, 3.05) is 20.2 Å². The van der Waals surface area contributed by atoms with Gasteiger partial charge in [-0.25, -0.2) is 4.52 Å². The third kappa shape index (κ3) is 4.14. The fraction of sp³-hybridized carbons (Fsp3) is 0.222. The van der Waals surface area contributed by atoms with Gasteiger partial charge >= 0.3 is 0 Å². The van der Waals surface area contributed by atoms with E-state index in [4.69, 9.17) is 15.2 Å². The number of aromatic amines is 1. The van der Waals surface area contributed by atoms with Crippen molar-refractivity contribution in [1.82, 2.24) is 19.5 Å². The zero-order valence-corrected chi connectivity index (χ0v) is 19.9. The van der Waals surface area contributed by atoms with E-state index in [0.717, 1.165) is 17.5 Å². The van der Waals surface area contributed by atoms with E-state index >= 15 is 0 Å². The van der Waals surface area contributed by atoms with Gasteiger partial charge in [0.15, 0.2) is 17.2 Å². The molecule has 2 aromatic carbocycles. The third-order valence-electron chi connectivity index (χ3n) is 6.31. The Labute approximate surface area is 207 Å². The standard InChI is InChI=1S/C27H25N5O4/c1-3-6-23(33)31-14-13-18(16-31)20-15-29-32-25(26(28)34)24(30-27(20)32)17-9-11-19(12-10-17)36-22-8-5-4-7-21(22)35-2/h4-5,7-12,15,18,30H,13-14,16H2,1-2H3,(H2,28,34). The molecule has 9 nitrogen and oxygen atoms in total. The van der Waals surface area contributed by atoms with Crippen molar-refractivity contribution in [1.29, 1.82) is 0 Å². The van der Waals surface area contributed by atoms with E-state index in [9.17, 15) is 9.59 Å². The number of nitrogens with one attached hydrogen (secondary N) is 1. The van der Waals surface area contributed by atoms with Crippen molar-refractivity contribution in [3.63, 3.8) is 0 Å². The summed E-state index contributed by atoms with van der Waals surface area (Å²) in [5, 5.41) is 4.44. The number of rotatable bonds is 6. The van der Waals surface area contributed by atoms with E-state index in [1.165, 1.54) is 0 Å². The molecule has 4 aromatic rings. The lowest BCUT2D eigenvalue weighted by atomic mass is 10.0. The minimum atomic E-state index is -0.596. The predicted octanol–water partition coefficient (Wildman–Crippen LogP) is 3.57. The first-order valence-electron chi connectivity index (χ1n) is 11.5. The summed E-state index contributed by atoms with van der Waals surface area (Å²) in [7, 11) is 1.59. The summed E-state index contributed by atoms with van der Waals surface area (Å²) < 4.78 is 12.8. The number of H-pyrrole nitrogens is 1. The molecule has 0 saturated carbocycles. The van der Waals surface area contributed by atoms with E-state index in [0.29, 0.717) is 41.7 Å². The maximum Gasteiger partial charge on any atom is 0.298 e. The quantitative estimate of drug-likeness (QED) is 0.407. The van der Waals surface area contributed by atoms with Gasteiger partial charge in [-0.2, -0.15) is 5.10 Å². The topological polar surface area (TPSA) is 115 Å². The number of amides is 2. The van der Waals surface area contributed by atoms with E-state index in [1.807, 2.05) is 48.5 Å². The number of aromatic nitrogens is 3. The second-order valence-electron chi connectivity index (χ2n) is 8.46. The van der Waals surface area contributed by atoms with E-state index in [-0.39, 0.29) is 17.5 Å². The summed E-state index contributed by atoms with van der Waals surface area (Å²) in [6.07, 6.45) is 2.52. The lowest BCUT2D eigenvalue weighted by molar-refractivity contribution is -0.124. The Morgan fingerprint density at radius 3 is 2.58 bits per heavy atom. The molecule has 1 aliphatic heterocycles. The number of hydrogen-bond donors (Lipinski definition) is 2. The number of imidazole rings is 1. The zero-order valence-electron chi connectivity index (χ0n) is 19.9. The minimum absolute atomic E-state index is 0.0777. The van der Waals surface area contributed by atoms with Crippen LogP contribution in [-0.2, 0) is 4.79 Å². The number of fused-ring (bicyclic) bond motifs is 1. The predicted molar refractivity (Wildman–Crippen MR) is 134 cm³/mol. The molecule has 0 spiro atoms. The SMILES string of the molecule is CC#CC(=O)N1CCC(c2cnn3c(C(N)=O)c(-c4ccc(Oc5ccccc5OC)cc4)[nH]c23)C1. The van der Waals surface area contributed by atoms with Crippen LogP contribution < -0.4 is 15.2 Å². The van der Waals surface area contributed by atoms with Crippen LogP contribution in [0.1, 0.15) is 35.3 Å². The maximum absolute atomic E-state index is 12.4. The van der Waals surface area contributed by atoms with Crippen molar-refractivity contribution in [2.45, 2.75) is 19.3 Å². The number of para-hydroxylation sites is 2. The lowest BCUT2D eigenvalue weighted by Gasteiger charge is -2.12. The van der Waals surface area contributed by atoms with E-state index in [2.05, 4.69) is 21.9 Å². The second kappa shape index (κ2) is 9.50. The molecule has 1 unspecified atom stereocenters. The Morgan fingerprint density at radius 1 is 1.14 bits per heavy atom. The first-order chi connectivity index (χ1) is 17.5. The molecule has 36 heavy (non-hydrogen) atoms. The van der Waals surface area contributed by atoms with Crippen LogP contribution in [-0.4, -0.2) is 51.5 Å². The first-order valence-corrected chi connectivity index (χ1v) is 11.5. The van der Waals surface area contributed by atoms with Gasteiger partial charge in [-0.1, -0.05) is 18.1 Å². The summed E-state index contributed by atoms with van der Waals surface area (Å²) in [5.41, 5.74) is 8.96. The van der Waals surface area contributed by atoms with Gasteiger partial charge in [-0.3, -0.25) is 9.59 Å². The van der Waals surface area contributed by atoms with Gasteiger partial charge in [0.25, 0.3) is 11.8 Å². The smallest absolute Gasteiger partial charge is 0.298 e. The Kier molecular flexibility index (Phi) is 6.09. The van der Waals surface area contributed by atoms with Crippen LogP contribution in [0.25, 0.3) is 16.9 Å². The molecule has 2 aromatic heterocycles. The molecule has 2 amide bonds. The number of methoxy groups -OCH3 is 1. The molecular formula is C27H25N5O4. The van der Waals surface area contributed by atoms with Crippen LogP contribution in [0, 0.1) is 11.8 Å². The molecule has 0 radical (unpaired) electrons. The number of benzene rings is 2. The van der Waals surface area contributed by atoms with Crippen molar-refractivity contribution in [2.24, 2.45) is 5.73 Å². The molecule has 9 heteroatoms. The molecule has 1 fully saturated rings. The van der Waals surface area contributed by atoms with Crippen molar-refractivity contribution >= 4 is 17.5 Å². The number of primary amides is 1. The number of ether oxygens (including phenoxy) is 2. The molecule has 182 valence electrons. The van der Waals surface area contributed by atoms with Crippen LogP contribution in [0.5, 0.6) is 17.2 Å². The summed E-state index contributed by atoms with van der Waals surface area (Å²) in [6.45, 7) is 2.82. The fourth-order valence-electron chi connectivity index (χ4n) is 4.58. The number of nitrogens with zero attached hydrogens (tertiary/aromatic N) is 3. The van der Waals surface area contributed by atoms with Crippen molar-refractivity contribution in [3.8, 4) is 40.3 Å². The van der Waals surface area contributed by atoms with Crippen LogP contribution in [0.4, 0.5) is 0 Å². The van der Waals surface area contributed by atoms with Gasteiger partial charge in [0.05, 0.1) is 19.0 Å². The number of nitrogens with two attached hydrogens (primary N) is 1. The monoisotopic (exact) mass is 483 g/mol. The summed E-state index contributed by atoms with van der Waals surface area (Å²) >= 11 is 0. The largest absolute Gasteiger partial charge is 0.493 e. The third-order valence-corrected chi connectivity index (χ3v) is 6.31. The first kappa shape index (κ1) is 23.1. The minimum Gasteiger partial charge on any atom is -0.493 e. The molecule has 3 N–H and O–H groups in total. The van der Waals surface area contributed by atoms with Gasteiger partial charge in [-0.05, 0) is 55.7 Å². The van der Waals surface area contributed by atoms with Crippen LogP contribution in [0.15, 0.2) is 54.7 Å². The Morgan fingerprint density at radius 2 is 1.89 bits per heavy atom. The van der Waals surface area contributed by atoms with Gasteiger partial charge in [-0.15, -0.1) is 0 Å². The van der Waals surface area contributed by atoms with Gasteiger partial charge in [0, 0.05) is 30.1 Å². The molecule has 5 rings (SSSR count). The lowest BCUT2D eigenvalue weighted by Crippen LogP contribution is -2.26. The molecule has 1 saturated heterocycles. The zero-order chi connectivity index (χ0) is 25.2. The summed E-state index contributed by atoms with van der Waals surface area (Å²) in [5.74, 6) is 6.41. The average molecular weight is 484 g/mol. The second-order valence-corrected chi connectivity index (χ2v) is 8.46. The highest BCUT2D eigenvalue weighted by Crippen LogP contribution is 2.35. The van der Waals surface area contributed by atoms with Gasteiger partial charge in [0.2, 0.25) is 0 Å². The van der Waals surface area contributed by atoms with E-state index < -0.39 is 5.91 Å². The van der Waals surface area contributed by atoms with Crippen LogP contribution in [0.2, 0.25) is 0 Å². The Bertz CT molecular complexity index is 1510. The number of hydrogen-bond acceptors (Lipinski definition) is 5. The average Bonchev–Trinajstić information content (AvgIpc) is 3.60. The van der Waals surface area contributed by atoms with Gasteiger partial charge in [0.1, 0.15) is 11.4 Å².